The largest absolute Gasteiger partial charge is 0.376 e. The molecular weight excluding hydrogens is 190 g/mol. The highest BCUT2D eigenvalue weighted by molar-refractivity contribution is 4.85. The van der Waals surface area contributed by atoms with Crippen molar-refractivity contribution in [3.63, 3.8) is 0 Å². The van der Waals surface area contributed by atoms with Crippen LogP contribution in [-0.4, -0.2) is 50.0 Å². The van der Waals surface area contributed by atoms with Crippen molar-refractivity contribution in [2.24, 2.45) is 0 Å². The summed E-state index contributed by atoms with van der Waals surface area (Å²) in [4.78, 5) is 2.40. The third-order valence-electron chi connectivity index (χ3n) is 2.90. The van der Waals surface area contributed by atoms with E-state index in [0.29, 0.717) is 0 Å². The van der Waals surface area contributed by atoms with Crippen molar-refractivity contribution < 1.29 is 9.47 Å². The minimum atomic E-state index is -0.173. The number of ether oxygens (including phenoxy) is 2. The monoisotopic (exact) mass is 217 g/mol. The van der Waals surface area contributed by atoms with E-state index in [1.807, 2.05) is 13.8 Å². The highest BCUT2D eigenvalue weighted by Gasteiger charge is 2.33. The molecule has 1 heterocycles. The smallest absolute Gasteiger partial charge is 0.0986 e. The Morgan fingerprint density at radius 3 is 2.47 bits per heavy atom. The van der Waals surface area contributed by atoms with Crippen LogP contribution >= 0.6 is 0 Å². The van der Waals surface area contributed by atoms with E-state index in [-0.39, 0.29) is 11.7 Å². The molecule has 1 fully saturated rings. The van der Waals surface area contributed by atoms with Gasteiger partial charge in [-0.1, -0.05) is 20.8 Å². The summed E-state index contributed by atoms with van der Waals surface area (Å²) in [5.41, 5.74) is -0.173. The Bertz CT molecular complexity index is 160. The topological polar surface area (TPSA) is 21.7 Å². The van der Waals surface area contributed by atoms with Gasteiger partial charge in [0.25, 0.3) is 0 Å². The van der Waals surface area contributed by atoms with Gasteiger partial charge in [-0.15, -0.1) is 0 Å². The molecule has 0 N–H and O–H groups in total. The number of methoxy groups -OCH3 is 1. The van der Waals surface area contributed by atoms with Crippen molar-refractivity contribution >= 4 is 0 Å². The van der Waals surface area contributed by atoms with Crippen molar-refractivity contribution in [2.75, 3.05) is 33.4 Å². The molecule has 0 aromatic heterocycles. The molecule has 1 rings (SSSR count). The predicted molar refractivity (Wildman–Crippen MR) is 64.3 cm³/mol. The Kier molecular flexibility index (Phi) is 7.14. The van der Waals surface area contributed by atoms with Crippen LogP contribution in [0.2, 0.25) is 0 Å². The van der Waals surface area contributed by atoms with Crippen LogP contribution in [0.3, 0.4) is 0 Å². The molecule has 1 saturated heterocycles. The lowest BCUT2D eigenvalue weighted by Crippen LogP contribution is -2.52. The van der Waals surface area contributed by atoms with E-state index in [4.69, 9.17) is 9.47 Å². The van der Waals surface area contributed by atoms with Crippen molar-refractivity contribution in [1.29, 1.82) is 0 Å². The molecule has 0 amide bonds. The summed E-state index contributed by atoms with van der Waals surface area (Å²) < 4.78 is 11.1. The first-order chi connectivity index (χ1) is 7.10. The molecule has 0 spiro atoms. The second-order valence-electron chi connectivity index (χ2n) is 4.06. The lowest BCUT2D eigenvalue weighted by Gasteiger charge is -2.40. The minimum Gasteiger partial charge on any atom is -0.376 e. The summed E-state index contributed by atoms with van der Waals surface area (Å²) in [6.45, 7) is 14.3. The Labute approximate surface area is 94.7 Å². The van der Waals surface area contributed by atoms with E-state index in [2.05, 4.69) is 25.7 Å². The normalized spacial score (nSPS) is 23.2. The number of hydrogen-bond donors (Lipinski definition) is 0. The first kappa shape index (κ1) is 14.9. The number of nitrogens with zero attached hydrogens (tertiary/aromatic N) is 1. The fourth-order valence-corrected chi connectivity index (χ4v) is 1.54. The van der Waals surface area contributed by atoms with Crippen LogP contribution in [-0.2, 0) is 9.47 Å². The van der Waals surface area contributed by atoms with Gasteiger partial charge in [-0.2, -0.15) is 0 Å². The van der Waals surface area contributed by atoms with Crippen LogP contribution in [0.4, 0.5) is 0 Å². The molecule has 1 aliphatic heterocycles. The number of likely N-dealkylation sites (N-methyl/N-ethyl adjacent to an activating group) is 1. The SMILES string of the molecule is CC.CCN1CCOC(C(C)(C)OC)C1. The van der Waals surface area contributed by atoms with Gasteiger partial charge in [0, 0.05) is 20.2 Å². The summed E-state index contributed by atoms with van der Waals surface area (Å²) in [6, 6.07) is 0. The molecule has 92 valence electrons. The van der Waals surface area contributed by atoms with Crippen LogP contribution in [0.1, 0.15) is 34.6 Å². The van der Waals surface area contributed by atoms with Crippen LogP contribution in [0.25, 0.3) is 0 Å². The molecule has 0 aliphatic carbocycles. The van der Waals surface area contributed by atoms with Crippen molar-refractivity contribution in [2.45, 2.75) is 46.3 Å². The highest BCUT2D eigenvalue weighted by Crippen LogP contribution is 2.20. The van der Waals surface area contributed by atoms with E-state index >= 15 is 0 Å². The summed E-state index contributed by atoms with van der Waals surface area (Å²) in [5, 5.41) is 0. The maximum atomic E-state index is 5.70. The fraction of sp³-hybridized carbons (Fsp3) is 1.00. The summed E-state index contributed by atoms with van der Waals surface area (Å²) in [5.74, 6) is 0. The quantitative estimate of drug-likeness (QED) is 0.723. The van der Waals surface area contributed by atoms with Crippen LogP contribution < -0.4 is 0 Å². The second kappa shape index (κ2) is 7.20. The van der Waals surface area contributed by atoms with E-state index in [1.165, 1.54) is 0 Å². The van der Waals surface area contributed by atoms with E-state index in [9.17, 15) is 0 Å². The molecule has 1 unspecified atom stereocenters. The zero-order valence-corrected chi connectivity index (χ0v) is 11.2. The van der Waals surface area contributed by atoms with E-state index in [1.54, 1.807) is 7.11 Å². The summed E-state index contributed by atoms with van der Waals surface area (Å²) in [6.07, 6.45) is 0.200. The molecule has 3 nitrogen and oxygen atoms in total. The Balaban J connectivity index is 0.000000921. The second-order valence-corrected chi connectivity index (χ2v) is 4.06. The molecule has 1 aliphatic rings. The predicted octanol–water partition coefficient (Wildman–Crippen LogP) is 2.16. The Morgan fingerprint density at radius 1 is 1.40 bits per heavy atom. The standard InChI is InChI=1S/C10H21NO2.C2H6/c1-5-11-6-7-13-9(8-11)10(2,3)12-4;1-2/h9H,5-8H2,1-4H3;1-2H3. The molecule has 0 aromatic rings. The van der Waals surface area contributed by atoms with Gasteiger partial charge in [-0.25, -0.2) is 0 Å². The first-order valence-electron chi connectivity index (χ1n) is 5.99. The van der Waals surface area contributed by atoms with Gasteiger partial charge in [0.15, 0.2) is 0 Å². The minimum absolute atomic E-state index is 0.173. The molecule has 0 saturated carbocycles. The van der Waals surface area contributed by atoms with Gasteiger partial charge in [0.1, 0.15) is 0 Å². The van der Waals surface area contributed by atoms with E-state index in [0.717, 1.165) is 26.2 Å². The zero-order chi connectivity index (χ0) is 11.9. The number of rotatable bonds is 3. The van der Waals surface area contributed by atoms with Gasteiger partial charge in [0.2, 0.25) is 0 Å². The lowest BCUT2D eigenvalue weighted by molar-refractivity contribution is -0.141. The fourth-order valence-electron chi connectivity index (χ4n) is 1.54. The molecule has 1 atom stereocenters. The average molecular weight is 217 g/mol. The average Bonchev–Trinajstić information content (AvgIpc) is 2.32. The summed E-state index contributed by atoms with van der Waals surface area (Å²) in [7, 11) is 1.74. The Morgan fingerprint density at radius 2 is 2.00 bits per heavy atom. The van der Waals surface area contributed by atoms with E-state index < -0.39 is 0 Å². The van der Waals surface area contributed by atoms with Crippen molar-refractivity contribution in [3.8, 4) is 0 Å². The third kappa shape index (κ3) is 4.49. The van der Waals surface area contributed by atoms with Gasteiger partial charge < -0.3 is 9.47 Å². The third-order valence-corrected chi connectivity index (χ3v) is 2.90. The molecule has 3 heteroatoms. The van der Waals surface area contributed by atoms with Crippen LogP contribution in [0, 0.1) is 0 Å². The molecule has 0 bridgehead atoms. The van der Waals surface area contributed by atoms with Gasteiger partial charge in [-0.05, 0) is 20.4 Å². The van der Waals surface area contributed by atoms with Crippen LogP contribution in [0.15, 0.2) is 0 Å². The molecule has 0 aromatic carbocycles. The highest BCUT2D eigenvalue weighted by atomic mass is 16.5. The van der Waals surface area contributed by atoms with Crippen molar-refractivity contribution in [1.82, 2.24) is 4.90 Å². The maximum Gasteiger partial charge on any atom is 0.0986 e. The van der Waals surface area contributed by atoms with Gasteiger partial charge in [-0.3, -0.25) is 4.90 Å². The maximum absolute atomic E-state index is 5.70. The summed E-state index contributed by atoms with van der Waals surface area (Å²) >= 11 is 0. The molecule has 15 heavy (non-hydrogen) atoms. The molecule has 0 radical (unpaired) electrons. The lowest BCUT2D eigenvalue weighted by atomic mass is 10.00. The molecular formula is C12H27NO2. The van der Waals surface area contributed by atoms with Gasteiger partial charge >= 0.3 is 0 Å². The van der Waals surface area contributed by atoms with Gasteiger partial charge in [0.05, 0.1) is 18.3 Å². The van der Waals surface area contributed by atoms with Crippen molar-refractivity contribution in [3.05, 3.63) is 0 Å². The number of morpholine rings is 1. The zero-order valence-electron chi connectivity index (χ0n) is 11.2. The Hall–Kier alpha value is -0.120. The van der Waals surface area contributed by atoms with Crippen LogP contribution in [0.5, 0.6) is 0 Å². The first-order valence-corrected chi connectivity index (χ1v) is 5.99. The number of hydrogen-bond acceptors (Lipinski definition) is 3.